The van der Waals surface area contributed by atoms with Crippen molar-refractivity contribution < 1.29 is 9.47 Å². The molecule has 0 radical (unpaired) electrons. The monoisotopic (exact) mass is 279 g/mol. The minimum Gasteiger partial charge on any atom is -0.476 e. The van der Waals surface area contributed by atoms with Crippen molar-refractivity contribution in [2.75, 3.05) is 30.3 Å². The van der Waals surface area contributed by atoms with Gasteiger partial charge in [-0.05, 0) is 31.9 Å². The number of hydrogen-bond donors (Lipinski definition) is 1. The van der Waals surface area contributed by atoms with Gasteiger partial charge in [0.15, 0.2) is 0 Å². The maximum absolute atomic E-state index is 5.93. The van der Waals surface area contributed by atoms with Gasteiger partial charge in [0.05, 0.1) is 24.5 Å². The summed E-state index contributed by atoms with van der Waals surface area (Å²) in [4.78, 5) is 6.78. The number of ether oxygens (including phenoxy) is 2. The van der Waals surface area contributed by atoms with Gasteiger partial charge in [0.2, 0.25) is 5.88 Å². The summed E-state index contributed by atoms with van der Waals surface area (Å²) in [7, 11) is 0. The van der Waals surface area contributed by atoms with Gasteiger partial charge in [-0.25, -0.2) is 0 Å². The first-order valence-corrected chi connectivity index (χ1v) is 7.25. The molecule has 0 aromatic carbocycles. The van der Waals surface area contributed by atoms with Gasteiger partial charge in [-0.3, -0.25) is 0 Å². The number of aromatic nitrogens is 1. The normalized spacial score (nSPS) is 23.1. The highest BCUT2D eigenvalue weighted by molar-refractivity contribution is 5.54. The topological polar surface area (TPSA) is 60.6 Å². The van der Waals surface area contributed by atoms with E-state index in [2.05, 4.69) is 37.6 Å². The van der Waals surface area contributed by atoms with Crippen molar-refractivity contribution in [3.05, 3.63) is 12.1 Å². The molecule has 0 bridgehead atoms. The first-order chi connectivity index (χ1) is 9.45. The third kappa shape index (κ3) is 3.76. The number of morpholine rings is 1. The minimum absolute atomic E-state index is 0.207. The summed E-state index contributed by atoms with van der Waals surface area (Å²) in [5, 5.41) is 0. The Morgan fingerprint density at radius 3 is 2.60 bits per heavy atom. The third-order valence-corrected chi connectivity index (χ3v) is 3.17. The quantitative estimate of drug-likeness (QED) is 0.916. The fourth-order valence-electron chi connectivity index (χ4n) is 2.34. The van der Waals surface area contributed by atoms with Crippen LogP contribution in [0.2, 0.25) is 0 Å². The molecule has 0 unspecified atom stereocenters. The van der Waals surface area contributed by atoms with Crippen LogP contribution in [0.5, 0.6) is 5.88 Å². The number of pyridine rings is 1. The Balaban J connectivity index is 2.13. The van der Waals surface area contributed by atoms with Crippen molar-refractivity contribution in [1.29, 1.82) is 0 Å². The van der Waals surface area contributed by atoms with Gasteiger partial charge >= 0.3 is 0 Å². The van der Waals surface area contributed by atoms with Crippen LogP contribution in [0.25, 0.3) is 0 Å². The summed E-state index contributed by atoms with van der Waals surface area (Å²) in [6.45, 7) is 10.7. The standard InChI is InChI=1S/C15H25N3O2/c1-10(2)9-19-15-13(16)5-6-14(17-15)18-7-11(3)20-12(4)8-18/h5-6,10-12H,7-9,16H2,1-4H3/t11-,12+. The van der Waals surface area contributed by atoms with Crippen molar-refractivity contribution in [2.45, 2.75) is 39.9 Å². The SMILES string of the molecule is CC(C)COc1nc(N2C[C@@H](C)O[C@@H](C)C2)ccc1N. The molecule has 5 nitrogen and oxygen atoms in total. The molecular formula is C15H25N3O2. The molecular weight excluding hydrogens is 254 g/mol. The summed E-state index contributed by atoms with van der Waals surface area (Å²) in [5.74, 6) is 1.88. The van der Waals surface area contributed by atoms with Crippen LogP contribution in [0.15, 0.2) is 12.1 Å². The molecule has 2 rings (SSSR count). The molecule has 20 heavy (non-hydrogen) atoms. The van der Waals surface area contributed by atoms with E-state index in [9.17, 15) is 0 Å². The van der Waals surface area contributed by atoms with Crippen molar-refractivity contribution >= 4 is 11.5 Å². The number of anilines is 2. The number of nitrogens with zero attached hydrogens (tertiary/aromatic N) is 2. The smallest absolute Gasteiger partial charge is 0.239 e. The summed E-state index contributed by atoms with van der Waals surface area (Å²) < 4.78 is 11.4. The number of nitrogens with two attached hydrogens (primary N) is 1. The number of rotatable bonds is 4. The van der Waals surface area contributed by atoms with E-state index in [1.165, 1.54) is 0 Å². The third-order valence-electron chi connectivity index (χ3n) is 3.17. The van der Waals surface area contributed by atoms with E-state index in [1.807, 2.05) is 12.1 Å². The predicted molar refractivity (Wildman–Crippen MR) is 81.2 cm³/mol. The maximum Gasteiger partial charge on any atom is 0.239 e. The lowest BCUT2D eigenvalue weighted by Gasteiger charge is -2.36. The van der Waals surface area contributed by atoms with Gasteiger partial charge in [0, 0.05) is 13.1 Å². The van der Waals surface area contributed by atoms with Crippen LogP contribution in [0, 0.1) is 5.92 Å². The molecule has 1 aliphatic rings. The van der Waals surface area contributed by atoms with Crippen molar-refractivity contribution in [3.8, 4) is 5.88 Å². The zero-order chi connectivity index (χ0) is 14.7. The van der Waals surface area contributed by atoms with E-state index in [4.69, 9.17) is 15.2 Å². The Labute approximate surface area is 121 Å². The molecule has 5 heteroatoms. The molecule has 2 atom stereocenters. The van der Waals surface area contributed by atoms with E-state index >= 15 is 0 Å². The van der Waals surface area contributed by atoms with Crippen LogP contribution < -0.4 is 15.4 Å². The second-order valence-electron chi connectivity index (χ2n) is 5.93. The van der Waals surface area contributed by atoms with E-state index < -0.39 is 0 Å². The fraction of sp³-hybridized carbons (Fsp3) is 0.667. The highest BCUT2D eigenvalue weighted by atomic mass is 16.5. The van der Waals surface area contributed by atoms with Gasteiger partial charge in [-0.15, -0.1) is 0 Å². The van der Waals surface area contributed by atoms with Crippen LogP contribution >= 0.6 is 0 Å². The zero-order valence-electron chi connectivity index (χ0n) is 12.8. The Bertz CT molecular complexity index is 441. The molecule has 1 aromatic heterocycles. The largest absolute Gasteiger partial charge is 0.476 e. The molecule has 0 amide bonds. The zero-order valence-corrected chi connectivity index (χ0v) is 12.8. The average Bonchev–Trinajstić information content (AvgIpc) is 2.36. The van der Waals surface area contributed by atoms with Crippen LogP contribution in [-0.2, 0) is 4.74 Å². The summed E-state index contributed by atoms with van der Waals surface area (Å²) >= 11 is 0. The minimum atomic E-state index is 0.207. The van der Waals surface area contributed by atoms with E-state index in [-0.39, 0.29) is 12.2 Å². The second-order valence-corrected chi connectivity index (χ2v) is 5.93. The van der Waals surface area contributed by atoms with E-state index in [0.29, 0.717) is 24.1 Å². The Morgan fingerprint density at radius 2 is 2.00 bits per heavy atom. The Morgan fingerprint density at radius 1 is 1.35 bits per heavy atom. The lowest BCUT2D eigenvalue weighted by Crippen LogP contribution is -2.45. The molecule has 1 aliphatic heterocycles. The Hall–Kier alpha value is -1.49. The van der Waals surface area contributed by atoms with Crippen molar-refractivity contribution in [3.63, 3.8) is 0 Å². The fourth-order valence-corrected chi connectivity index (χ4v) is 2.34. The second kappa shape index (κ2) is 6.31. The molecule has 2 N–H and O–H groups in total. The molecule has 0 saturated carbocycles. The first kappa shape index (κ1) is 14.9. The summed E-state index contributed by atoms with van der Waals surface area (Å²) in [6.07, 6.45) is 0.413. The first-order valence-electron chi connectivity index (χ1n) is 7.25. The van der Waals surface area contributed by atoms with Crippen LogP contribution in [-0.4, -0.2) is 36.9 Å². The average molecular weight is 279 g/mol. The van der Waals surface area contributed by atoms with E-state index in [1.54, 1.807) is 0 Å². The lowest BCUT2D eigenvalue weighted by atomic mass is 10.2. The number of nitrogen functional groups attached to an aromatic ring is 1. The highest BCUT2D eigenvalue weighted by Gasteiger charge is 2.23. The Kier molecular flexibility index (Phi) is 4.70. The maximum atomic E-state index is 5.93. The summed E-state index contributed by atoms with van der Waals surface area (Å²) in [6, 6.07) is 3.81. The van der Waals surface area contributed by atoms with Crippen LogP contribution in [0.4, 0.5) is 11.5 Å². The molecule has 1 aromatic rings. The molecule has 2 heterocycles. The van der Waals surface area contributed by atoms with Crippen LogP contribution in [0.1, 0.15) is 27.7 Å². The van der Waals surface area contributed by atoms with Crippen molar-refractivity contribution in [2.24, 2.45) is 5.92 Å². The highest BCUT2D eigenvalue weighted by Crippen LogP contribution is 2.25. The van der Waals surface area contributed by atoms with Gasteiger partial charge in [-0.2, -0.15) is 4.98 Å². The van der Waals surface area contributed by atoms with Gasteiger partial charge in [-0.1, -0.05) is 13.8 Å². The molecule has 0 aliphatic carbocycles. The predicted octanol–water partition coefficient (Wildman–Crippen LogP) is 2.31. The van der Waals surface area contributed by atoms with Gasteiger partial charge in [0.25, 0.3) is 0 Å². The van der Waals surface area contributed by atoms with Gasteiger partial charge in [0.1, 0.15) is 5.82 Å². The van der Waals surface area contributed by atoms with Crippen LogP contribution in [0.3, 0.4) is 0 Å². The van der Waals surface area contributed by atoms with E-state index in [0.717, 1.165) is 18.9 Å². The van der Waals surface area contributed by atoms with Gasteiger partial charge < -0.3 is 20.1 Å². The summed E-state index contributed by atoms with van der Waals surface area (Å²) in [5.41, 5.74) is 6.52. The molecule has 1 saturated heterocycles. The number of hydrogen-bond acceptors (Lipinski definition) is 5. The molecule has 1 fully saturated rings. The molecule has 0 spiro atoms. The lowest BCUT2D eigenvalue weighted by molar-refractivity contribution is -0.00549. The van der Waals surface area contributed by atoms with Crippen molar-refractivity contribution in [1.82, 2.24) is 4.98 Å². The molecule has 112 valence electrons.